The Kier molecular flexibility index (Phi) is 3.74. The molecule has 4 rings (SSSR count). The second-order valence-electron chi connectivity index (χ2n) is 5.47. The van der Waals surface area contributed by atoms with Crippen LogP contribution in [0.3, 0.4) is 0 Å². The van der Waals surface area contributed by atoms with Crippen LogP contribution in [-0.4, -0.2) is 20.5 Å². The molecule has 0 amide bonds. The van der Waals surface area contributed by atoms with E-state index >= 15 is 0 Å². The summed E-state index contributed by atoms with van der Waals surface area (Å²) in [5.41, 5.74) is 5.09. The molecule has 0 bridgehead atoms. The molecule has 0 fully saturated rings. The number of aryl methyl sites for hydroxylation is 1. The summed E-state index contributed by atoms with van der Waals surface area (Å²) in [4.78, 5) is 4.63. The van der Waals surface area contributed by atoms with Crippen LogP contribution < -0.4 is 0 Å². The first kappa shape index (κ1) is 14.8. The number of hydrogen-bond donors (Lipinski definition) is 1. The van der Waals surface area contributed by atoms with Crippen LogP contribution in [0, 0.1) is 6.92 Å². The van der Waals surface area contributed by atoms with Crippen LogP contribution in [0.4, 0.5) is 0 Å². The highest BCUT2D eigenvalue weighted by Gasteiger charge is 2.32. The first-order chi connectivity index (χ1) is 10.3. The predicted molar refractivity (Wildman–Crippen MR) is 92.3 cm³/mol. The number of fused-ring (bicyclic) bond motifs is 3. The Labute approximate surface area is 138 Å². The Morgan fingerprint density at radius 2 is 1.95 bits per heavy atom. The maximum atomic E-state index is 9.29. The molecule has 1 aromatic heterocycles. The molecule has 0 saturated carbocycles. The molecule has 2 heterocycles. The van der Waals surface area contributed by atoms with E-state index in [0.29, 0.717) is 12.1 Å². The van der Waals surface area contributed by atoms with Gasteiger partial charge in [-0.3, -0.25) is 0 Å². The number of hydrogen-bond acceptors (Lipinski definition) is 3. The van der Waals surface area contributed by atoms with Crippen molar-refractivity contribution in [2.24, 2.45) is 5.16 Å². The SMILES string of the molecule is Br.Cc1ccc2nc3n(c2c1)C(c1ccccc1)C/C3=N/O. The molecule has 3 aromatic rings. The van der Waals surface area contributed by atoms with Gasteiger partial charge in [-0.2, -0.15) is 0 Å². The van der Waals surface area contributed by atoms with Crippen molar-refractivity contribution < 1.29 is 5.21 Å². The van der Waals surface area contributed by atoms with Gasteiger partial charge in [0.2, 0.25) is 0 Å². The summed E-state index contributed by atoms with van der Waals surface area (Å²) in [5, 5.41) is 12.7. The number of aromatic nitrogens is 2. The quantitative estimate of drug-likeness (QED) is 0.526. The van der Waals surface area contributed by atoms with Crippen molar-refractivity contribution in [2.75, 3.05) is 0 Å². The third-order valence-electron chi connectivity index (χ3n) is 4.11. The van der Waals surface area contributed by atoms with Gasteiger partial charge in [-0.05, 0) is 30.2 Å². The van der Waals surface area contributed by atoms with E-state index in [4.69, 9.17) is 0 Å². The van der Waals surface area contributed by atoms with Crippen molar-refractivity contribution in [3.63, 3.8) is 0 Å². The van der Waals surface area contributed by atoms with Gasteiger partial charge in [0.15, 0.2) is 5.82 Å². The Balaban J connectivity index is 0.00000144. The second-order valence-corrected chi connectivity index (χ2v) is 5.47. The van der Waals surface area contributed by atoms with Gasteiger partial charge < -0.3 is 9.77 Å². The number of benzene rings is 2. The van der Waals surface area contributed by atoms with Crippen molar-refractivity contribution in [3.05, 3.63) is 65.5 Å². The molecule has 1 aliphatic heterocycles. The average Bonchev–Trinajstić information content (AvgIpc) is 3.05. The summed E-state index contributed by atoms with van der Waals surface area (Å²) >= 11 is 0. The number of imidazole rings is 1. The summed E-state index contributed by atoms with van der Waals surface area (Å²) in [6.45, 7) is 2.08. The molecule has 0 radical (unpaired) electrons. The van der Waals surface area contributed by atoms with Gasteiger partial charge in [0.1, 0.15) is 5.71 Å². The van der Waals surface area contributed by atoms with Crippen LogP contribution in [0.25, 0.3) is 11.0 Å². The molecule has 5 heteroatoms. The highest BCUT2D eigenvalue weighted by Crippen LogP contribution is 2.35. The summed E-state index contributed by atoms with van der Waals surface area (Å²) in [7, 11) is 0. The summed E-state index contributed by atoms with van der Waals surface area (Å²) in [6.07, 6.45) is 0.673. The lowest BCUT2D eigenvalue weighted by atomic mass is 10.0. The largest absolute Gasteiger partial charge is 0.411 e. The molecule has 1 aliphatic rings. The van der Waals surface area contributed by atoms with Crippen molar-refractivity contribution in [1.29, 1.82) is 0 Å². The maximum Gasteiger partial charge on any atom is 0.159 e. The van der Waals surface area contributed by atoms with Crippen LogP contribution in [0.1, 0.15) is 29.4 Å². The maximum absolute atomic E-state index is 9.29. The number of nitrogens with zero attached hydrogens (tertiary/aromatic N) is 3. The zero-order valence-electron chi connectivity index (χ0n) is 12.1. The lowest BCUT2D eigenvalue weighted by molar-refractivity contribution is 0.318. The molecule has 112 valence electrons. The molecule has 22 heavy (non-hydrogen) atoms. The van der Waals surface area contributed by atoms with Gasteiger partial charge in [0.25, 0.3) is 0 Å². The van der Waals surface area contributed by atoms with Crippen molar-refractivity contribution >= 4 is 33.7 Å². The minimum atomic E-state index is 0. The normalized spacial score (nSPS) is 18.4. The fourth-order valence-corrected chi connectivity index (χ4v) is 3.12. The standard InChI is InChI=1S/C17H15N3O.BrH/c1-11-7-8-13-16(9-11)20-15(12-5-3-2-4-6-12)10-14(19-21)17(20)18-13;/h2-9,15,21H,10H2,1H3;1H/b19-14-;. The van der Waals surface area contributed by atoms with Gasteiger partial charge in [-0.25, -0.2) is 4.98 Å². The van der Waals surface area contributed by atoms with E-state index in [1.807, 2.05) is 24.3 Å². The minimum absolute atomic E-state index is 0. The van der Waals surface area contributed by atoms with Crippen LogP contribution >= 0.6 is 17.0 Å². The predicted octanol–water partition coefficient (Wildman–Crippen LogP) is 4.09. The number of rotatable bonds is 1. The van der Waals surface area contributed by atoms with Gasteiger partial charge in [0, 0.05) is 6.42 Å². The van der Waals surface area contributed by atoms with E-state index in [0.717, 1.165) is 16.9 Å². The Morgan fingerprint density at radius 3 is 2.68 bits per heavy atom. The average molecular weight is 358 g/mol. The molecule has 4 nitrogen and oxygen atoms in total. The van der Waals surface area contributed by atoms with Crippen molar-refractivity contribution in [2.45, 2.75) is 19.4 Å². The lowest BCUT2D eigenvalue weighted by Gasteiger charge is -2.14. The van der Waals surface area contributed by atoms with E-state index in [-0.39, 0.29) is 23.0 Å². The first-order valence-corrected chi connectivity index (χ1v) is 7.03. The smallest absolute Gasteiger partial charge is 0.159 e. The minimum Gasteiger partial charge on any atom is -0.411 e. The molecule has 0 spiro atoms. The highest BCUT2D eigenvalue weighted by molar-refractivity contribution is 8.93. The first-order valence-electron chi connectivity index (χ1n) is 7.03. The number of halogens is 1. The van der Waals surface area contributed by atoms with Gasteiger partial charge in [0.05, 0.1) is 17.1 Å². The number of oxime groups is 1. The van der Waals surface area contributed by atoms with Gasteiger partial charge >= 0.3 is 0 Å². The molecule has 0 aliphatic carbocycles. The molecule has 1 N–H and O–H groups in total. The lowest BCUT2D eigenvalue weighted by Crippen LogP contribution is -2.05. The zero-order chi connectivity index (χ0) is 14.4. The van der Waals surface area contributed by atoms with Gasteiger partial charge in [-0.1, -0.05) is 41.6 Å². The molecular weight excluding hydrogens is 342 g/mol. The topological polar surface area (TPSA) is 50.4 Å². The summed E-state index contributed by atoms with van der Waals surface area (Å²) in [6, 6.07) is 16.6. The molecule has 0 saturated heterocycles. The van der Waals surface area contributed by atoms with E-state index in [1.54, 1.807) is 0 Å². The van der Waals surface area contributed by atoms with Gasteiger partial charge in [-0.15, -0.1) is 17.0 Å². The van der Waals surface area contributed by atoms with Crippen molar-refractivity contribution in [3.8, 4) is 0 Å². The third-order valence-corrected chi connectivity index (χ3v) is 4.11. The van der Waals surface area contributed by atoms with E-state index in [2.05, 4.69) is 45.9 Å². The molecule has 2 aromatic carbocycles. The van der Waals surface area contributed by atoms with Crippen LogP contribution in [0.5, 0.6) is 0 Å². The van der Waals surface area contributed by atoms with Crippen LogP contribution in [0.2, 0.25) is 0 Å². The van der Waals surface area contributed by atoms with Crippen molar-refractivity contribution in [1.82, 2.24) is 9.55 Å². The Morgan fingerprint density at radius 1 is 1.18 bits per heavy atom. The Hall–Kier alpha value is -2.14. The summed E-state index contributed by atoms with van der Waals surface area (Å²) in [5.74, 6) is 0.770. The van der Waals surface area contributed by atoms with Crippen LogP contribution in [0.15, 0.2) is 53.7 Å². The Bertz CT molecular complexity index is 855. The van der Waals surface area contributed by atoms with Crippen LogP contribution in [-0.2, 0) is 0 Å². The second kappa shape index (κ2) is 5.57. The van der Waals surface area contributed by atoms with E-state index < -0.39 is 0 Å². The van der Waals surface area contributed by atoms with E-state index in [9.17, 15) is 5.21 Å². The molecule has 1 atom stereocenters. The monoisotopic (exact) mass is 357 g/mol. The third kappa shape index (κ3) is 2.13. The van der Waals surface area contributed by atoms with E-state index in [1.165, 1.54) is 11.1 Å². The zero-order valence-corrected chi connectivity index (χ0v) is 13.8. The fourth-order valence-electron chi connectivity index (χ4n) is 3.12. The fraction of sp³-hybridized carbons (Fsp3) is 0.176. The molecule has 1 unspecified atom stereocenters. The molecular formula is C17H16BrN3O. The highest BCUT2D eigenvalue weighted by atomic mass is 79.9. The summed E-state index contributed by atoms with van der Waals surface area (Å²) < 4.78 is 2.19.